The molecule has 4 rings (SSSR count). The first-order valence-electron chi connectivity index (χ1n) is 11.5. The van der Waals surface area contributed by atoms with Gasteiger partial charge in [0.1, 0.15) is 5.54 Å². The van der Waals surface area contributed by atoms with Crippen molar-refractivity contribution < 1.29 is 4.79 Å². The zero-order valence-corrected chi connectivity index (χ0v) is 17.2. The van der Waals surface area contributed by atoms with Gasteiger partial charge in [-0.3, -0.25) is 9.69 Å². The van der Waals surface area contributed by atoms with Gasteiger partial charge in [0, 0.05) is 13.1 Å². The molecule has 5 nitrogen and oxygen atoms in total. The predicted octanol–water partition coefficient (Wildman–Crippen LogP) is 3.53. The molecule has 2 aliphatic carbocycles. The van der Waals surface area contributed by atoms with Gasteiger partial charge in [0.25, 0.3) is 5.91 Å². The van der Waals surface area contributed by atoms with Gasteiger partial charge in [0.05, 0.1) is 0 Å². The van der Waals surface area contributed by atoms with E-state index in [0.29, 0.717) is 17.9 Å². The summed E-state index contributed by atoms with van der Waals surface area (Å²) in [6, 6.07) is 0.646. The van der Waals surface area contributed by atoms with Crippen LogP contribution in [0.15, 0.2) is 4.99 Å². The Labute approximate surface area is 164 Å². The molecule has 0 aromatic carbocycles. The molecule has 4 aliphatic rings. The Morgan fingerprint density at radius 1 is 1.04 bits per heavy atom. The summed E-state index contributed by atoms with van der Waals surface area (Å²) in [5.41, 5.74) is 5.59. The molecule has 1 amide bonds. The van der Waals surface area contributed by atoms with Crippen molar-refractivity contribution in [2.24, 2.45) is 22.6 Å². The summed E-state index contributed by atoms with van der Waals surface area (Å²) in [5.74, 6) is 1.75. The molecule has 152 valence electrons. The standard InChI is InChI=1S/C22H38N4O/c1-25-20(27)22(24-21(25)23,13-12-17-8-3-2-4-9-17)18-10-7-11-19(16-18)26-14-5-6-15-26/h17-19H,2-16H2,1H3,(H2,23,24)/t18-,19-,22-/m1/s1. The van der Waals surface area contributed by atoms with Gasteiger partial charge in [0.15, 0.2) is 5.96 Å². The minimum absolute atomic E-state index is 0.169. The van der Waals surface area contributed by atoms with Crippen LogP contribution in [0.3, 0.4) is 0 Å². The minimum atomic E-state index is -0.575. The zero-order chi connectivity index (χ0) is 18.9. The first-order valence-corrected chi connectivity index (χ1v) is 11.5. The maximum absolute atomic E-state index is 13.4. The van der Waals surface area contributed by atoms with E-state index in [9.17, 15) is 4.79 Å². The SMILES string of the molecule is CN1C(=O)[C@@](CCC2CCCCC2)([C@@H]2CCC[C@@H](N3CCCC3)C2)N=C1N. The summed E-state index contributed by atoms with van der Waals surface area (Å²) in [5, 5.41) is 0. The predicted molar refractivity (Wildman–Crippen MR) is 109 cm³/mol. The molecule has 2 N–H and O–H groups in total. The fourth-order valence-electron chi connectivity index (χ4n) is 6.29. The molecular weight excluding hydrogens is 336 g/mol. The Hall–Kier alpha value is -1.10. The Bertz CT molecular complexity index is 565. The average Bonchev–Trinajstić information content (AvgIpc) is 3.32. The second kappa shape index (κ2) is 8.10. The van der Waals surface area contributed by atoms with Crippen molar-refractivity contribution in [1.82, 2.24) is 9.80 Å². The molecule has 0 bridgehead atoms. The van der Waals surface area contributed by atoms with Gasteiger partial charge in [-0.15, -0.1) is 0 Å². The molecule has 0 aromatic heterocycles. The molecule has 27 heavy (non-hydrogen) atoms. The summed E-state index contributed by atoms with van der Waals surface area (Å²) in [6.45, 7) is 2.48. The largest absolute Gasteiger partial charge is 0.369 e. The number of hydrogen-bond acceptors (Lipinski definition) is 4. The van der Waals surface area contributed by atoms with Crippen LogP contribution in [-0.2, 0) is 4.79 Å². The molecule has 2 heterocycles. The van der Waals surface area contributed by atoms with E-state index in [1.807, 2.05) is 7.05 Å². The summed E-state index contributed by atoms with van der Waals surface area (Å²) in [6.07, 6.45) is 16.3. The van der Waals surface area contributed by atoms with E-state index in [0.717, 1.165) is 31.6 Å². The number of nitrogens with two attached hydrogens (primary N) is 1. The van der Waals surface area contributed by atoms with E-state index < -0.39 is 5.54 Å². The van der Waals surface area contributed by atoms with Crippen LogP contribution in [0.4, 0.5) is 0 Å². The van der Waals surface area contributed by atoms with E-state index >= 15 is 0 Å². The van der Waals surface area contributed by atoms with Gasteiger partial charge in [-0.1, -0.05) is 38.5 Å². The molecule has 5 heteroatoms. The lowest BCUT2D eigenvalue weighted by Gasteiger charge is -2.42. The topological polar surface area (TPSA) is 61.9 Å². The molecular formula is C22H38N4O. The fraction of sp³-hybridized carbons (Fsp3) is 0.909. The van der Waals surface area contributed by atoms with Crippen molar-refractivity contribution in [3.63, 3.8) is 0 Å². The van der Waals surface area contributed by atoms with Crippen LogP contribution < -0.4 is 5.73 Å². The number of nitrogens with zero attached hydrogens (tertiary/aromatic N) is 3. The highest BCUT2D eigenvalue weighted by atomic mass is 16.2. The van der Waals surface area contributed by atoms with Gasteiger partial charge in [-0.05, 0) is 69.9 Å². The monoisotopic (exact) mass is 374 g/mol. The smallest absolute Gasteiger partial charge is 0.257 e. The molecule has 1 saturated heterocycles. The van der Waals surface area contributed by atoms with E-state index in [-0.39, 0.29) is 5.91 Å². The first-order chi connectivity index (χ1) is 13.1. The van der Waals surface area contributed by atoms with Crippen LogP contribution in [0.5, 0.6) is 0 Å². The van der Waals surface area contributed by atoms with Crippen molar-refractivity contribution in [2.75, 3.05) is 20.1 Å². The highest BCUT2D eigenvalue weighted by molar-refractivity contribution is 6.06. The maximum Gasteiger partial charge on any atom is 0.257 e. The molecule has 0 radical (unpaired) electrons. The maximum atomic E-state index is 13.4. The van der Waals surface area contributed by atoms with Gasteiger partial charge in [0.2, 0.25) is 0 Å². The van der Waals surface area contributed by atoms with Crippen LogP contribution >= 0.6 is 0 Å². The van der Waals surface area contributed by atoms with Gasteiger partial charge < -0.3 is 10.6 Å². The van der Waals surface area contributed by atoms with Crippen LogP contribution in [0.1, 0.15) is 83.5 Å². The molecule has 0 spiro atoms. The van der Waals surface area contributed by atoms with E-state index in [1.54, 1.807) is 4.90 Å². The van der Waals surface area contributed by atoms with Crippen molar-refractivity contribution in [3.05, 3.63) is 0 Å². The molecule has 3 atom stereocenters. The van der Waals surface area contributed by atoms with Crippen molar-refractivity contribution in [1.29, 1.82) is 0 Å². The highest BCUT2D eigenvalue weighted by Gasteiger charge is 2.53. The van der Waals surface area contributed by atoms with E-state index in [2.05, 4.69) is 4.90 Å². The fourth-order valence-corrected chi connectivity index (χ4v) is 6.29. The third-order valence-corrected chi connectivity index (χ3v) is 7.97. The number of amides is 1. The average molecular weight is 375 g/mol. The summed E-state index contributed by atoms with van der Waals surface area (Å²) in [4.78, 5) is 22.6. The Morgan fingerprint density at radius 3 is 2.44 bits per heavy atom. The molecule has 3 fully saturated rings. The normalized spacial score (nSPS) is 36.4. The lowest BCUT2D eigenvalue weighted by atomic mass is 9.69. The van der Waals surface area contributed by atoms with Crippen LogP contribution in [0, 0.1) is 11.8 Å². The van der Waals surface area contributed by atoms with Crippen molar-refractivity contribution >= 4 is 11.9 Å². The summed E-state index contributed by atoms with van der Waals surface area (Å²) in [7, 11) is 1.81. The Morgan fingerprint density at radius 2 is 1.78 bits per heavy atom. The highest BCUT2D eigenvalue weighted by Crippen LogP contribution is 2.44. The van der Waals surface area contributed by atoms with Gasteiger partial charge in [-0.2, -0.15) is 0 Å². The van der Waals surface area contributed by atoms with Crippen molar-refractivity contribution in [2.45, 2.75) is 95.1 Å². The molecule has 0 aromatic rings. The number of rotatable bonds is 5. The second-order valence-electron chi connectivity index (χ2n) is 9.56. The van der Waals surface area contributed by atoms with Crippen molar-refractivity contribution in [3.8, 4) is 0 Å². The molecule has 2 saturated carbocycles. The quantitative estimate of drug-likeness (QED) is 0.801. The summed E-state index contributed by atoms with van der Waals surface area (Å²) < 4.78 is 0. The lowest BCUT2D eigenvalue weighted by Crippen LogP contribution is -2.50. The van der Waals surface area contributed by atoms with E-state index in [1.165, 1.54) is 70.9 Å². The van der Waals surface area contributed by atoms with Gasteiger partial charge in [-0.25, -0.2) is 4.99 Å². The third-order valence-electron chi connectivity index (χ3n) is 7.97. The number of hydrogen-bond donors (Lipinski definition) is 1. The lowest BCUT2D eigenvalue weighted by molar-refractivity contribution is -0.133. The number of aliphatic imine (C=N–C) groups is 1. The minimum Gasteiger partial charge on any atom is -0.369 e. The number of carbonyl (C=O) groups excluding carboxylic acids is 1. The Balaban J connectivity index is 1.51. The zero-order valence-electron chi connectivity index (χ0n) is 17.2. The van der Waals surface area contributed by atoms with Gasteiger partial charge >= 0.3 is 0 Å². The number of guanidine groups is 1. The second-order valence-corrected chi connectivity index (χ2v) is 9.56. The Kier molecular flexibility index (Phi) is 5.77. The van der Waals surface area contributed by atoms with Crippen LogP contribution in [0.2, 0.25) is 0 Å². The van der Waals surface area contributed by atoms with Crippen LogP contribution in [0.25, 0.3) is 0 Å². The first kappa shape index (κ1) is 19.2. The van der Waals surface area contributed by atoms with Crippen LogP contribution in [-0.4, -0.2) is 53.4 Å². The number of carbonyl (C=O) groups is 1. The number of likely N-dealkylation sites (tertiary alicyclic amines) is 1. The molecule has 0 unspecified atom stereocenters. The molecule has 2 aliphatic heterocycles. The van der Waals surface area contributed by atoms with E-state index in [4.69, 9.17) is 10.7 Å². The summed E-state index contributed by atoms with van der Waals surface area (Å²) >= 11 is 0. The third kappa shape index (κ3) is 3.76. The number of likely N-dealkylation sites (N-methyl/N-ethyl adjacent to an activating group) is 1.